The van der Waals surface area contributed by atoms with Gasteiger partial charge in [-0.05, 0) is 38.9 Å². The first-order chi connectivity index (χ1) is 9.24. The van der Waals surface area contributed by atoms with Crippen molar-refractivity contribution >= 4 is 17.2 Å². The monoisotopic (exact) mass is 284 g/mol. The molecule has 2 nitrogen and oxygen atoms in total. The van der Waals surface area contributed by atoms with Crippen molar-refractivity contribution in [3.05, 3.63) is 0 Å². The van der Waals surface area contributed by atoms with Gasteiger partial charge in [-0.25, -0.2) is 0 Å². The highest BCUT2D eigenvalue weighted by Gasteiger charge is 2.20. The second-order valence-corrected chi connectivity index (χ2v) is 6.46. The predicted octanol–water partition coefficient (Wildman–Crippen LogP) is 4.13. The van der Waals surface area contributed by atoms with Crippen LogP contribution < -0.4 is 5.73 Å². The topological polar surface area (TPSA) is 29.3 Å². The Morgan fingerprint density at radius 2 is 1.53 bits per heavy atom. The number of thiocarbonyl (C=S) groups is 1. The minimum absolute atomic E-state index is 0.504. The maximum Gasteiger partial charge on any atom is 0.0759 e. The minimum Gasteiger partial charge on any atom is -0.393 e. The van der Waals surface area contributed by atoms with Gasteiger partial charge in [-0.2, -0.15) is 0 Å². The second kappa shape index (κ2) is 10.6. The average Bonchev–Trinajstić information content (AvgIpc) is 2.42. The van der Waals surface area contributed by atoms with Gasteiger partial charge < -0.3 is 10.6 Å². The molecule has 19 heavy (non-hydrogen) atoms. The van der Waals surface area contributed by atoms with Gasteiger partial charge in [-0.15, -0.1) is 0 Å². The van der Waals surface area contributed by atoms with Crippen LogP contribution in [0.4, 0.5) is 0 Å². The van der Waals surface area contributed by atoms with Crippen molar-refractivity contribution in [2.45, 2.75) is 71.1 Å². The molecule has 0 bridgehead atoms. The quantitative estimate of drug-likeness (QED) is 0.483. The van der Waals surface area contributed by atoms with Crippen LogP contribution in [-0.2, 0) is 0 Å². The van der Waals surface area contributed by atoms with E-state index >= 15 is 0 Å². The van der Waals surface area contributed by atoms with E-state index in [9.17, 15) is 0 Å². The Bertz CT molecular complexity index is 235. The van der Waals surface area contributed by atoms with Gasteiger partial charge in [0.2, 0.25) is 0 Å². The number of nitrogens with zero attached hydrogens (tertiary/aromatic N) is 1. The van der Waals surface area contributed by atoms with E-state index in [2.05, 4.69) is 11.8 Å². The first-order valence-electron chi connectivity index (χ1n) is 8.25. The van der Waals surface area contributed by atoms with Crippen molar-refractivity contribution in [2.24, 2.45) is 11.7 Å². The van der Waals surface area contributed by atoms with Gasteiger partial charge >= 0.3 is 0 Å². The Kier molecular flexibility index (Phi) is 9.44. The van der Waals surface area contributed by atoms with Crippen LogP contribution >= 0.6 is 12.2 Å². The number of rotatable bonds is 10. The number of piperidine rings is 1. The molecule has 0 aromatic rings. The Labute approximate surface area is 125 Å². The summed E-state index contributed by atoms with van der Waals surface area (Å²) in [5.41, 5.74) is 5.72. The molecular formula is C16H32N2S. The third-order valence-electron chi connectivity index (χ3n) is 4.32. The largest absolute Gasteiger partial charge is 0.393 e. The van der Waals surface area contributed by atoms with Crippen molar-refractivity contribution in [2.75, 3.05) is 19.6 Å². The smallest absolute Gasteiger partial charge is 0.0759 e. The van der Waals surface area contributed by atoms with Crippen LogP contribution in [0.15, 0.2) is 0 Å². The van der Waals surface area contributed by atoms with Gasteiger partial charge in [-0.1, -0.05) is 64.1 Å². The maximum absolute atomic E-state index is 5.72. The summed E-state index contributed by atoms with van der Waals surface area (Å²) in [6.45, 7) is 5.94. The van der Waals surface area contributed by atoms with Crippen molar-refractivity contribution in [1.29, 1.82) is 0 Å². The minimum atomic E-state index is 0.504. The SMILES string of the molecule is CCCCCCCCCCN1CCC(C(N)=S)CC1. The van der Waals surface area contributed by atoms with Crippen molar-refractivity contribution in [3.8, 4) is 0 Å². The zero-order valence-corrected chi connectivity index (χ0v) is 13.5. The Morgan fingerprint density at radius 1 is 1.00 bits per heavy atom. The lowest BCUT2D eigenvalue weighted by Crippen LogP contribution is -2.38. The number of hydrogen-bond donors (Lipinski definition) is 1. The van der Waals surface area contributed by atoms with Crippen LogP contribution in [0.3, 0.4) is 0 Å². The van der Waals surface area contributed by atoms with E-state index in [0.29, 0.717) is 5.92 Å². The lowest BCUT2D eigenvalue weighted by Gasteiger charge is -2.31. The van der Waals surface area contributed by atoms with Gasteiger partial charge in [0.25, 0.3) is 0 Å². The van der Waals surface area contributed by atoms with Crippen molar-refractivity contribution < 1.29 is 0 Å². The van der Waals surface area contributed by atoms with E-state index < -0.39 is 0 Å². The van der Waals surface area contributed by atoms with Crippen LogP contribution in [-0.4, -0.2) is 29.5 Å². The molecule has 3 heteroatoms. The summed E-state index contributed by atoms with van der Waals surface area (Å²) in [5, 5.41) is 0. The molecule has 2 N–H and O–H groups in total. The fourth-order valence-electron chi connectivity index (χ4n) is 2.91. The molecule has 112 valence electrons. The van der Waals surface area contributed by atoms with Crippen LogP contribution in [0.2, 0.25) is 0 Å². The molecule has 0 aliphatic carbocycles. The van der Waals surface area contributed by atoms with Crippen LogP contribution in [0, 0.1) is 5.92 Å². The normalized spacial score (nSPS) is 17.7. The Morgan fingerprint density at radius 3 is 2.05 bits per heavy atom. The van der Waals surface area contributed by atoms with E-state index in [-0.39, 0.29) is 0 Å². The van der Waals surface area contributed by atoms with Gasteiger partial charge in [0.1, 0.15) is 0 Å². The fourth-order valence-corrected chi connectivity index (χ4v) is 3.15. The number of likely N-dealkylation sites (tertiary alicyclic amines) is 1. The highest BCUT2D eigenvalue weighted by Crippen LogP contribution is 2.18. The average molecular weight is 285 g/mol. The maximum atomic E-state index is 5.72. The van der Waals surface area contributed by atoms with Gasteiger partial charge in [0, 0.05) is 5.92 Å². The summed E-state index contributed by atoms with van der Waals surface area (Å²) in [6, 6.07) is 0. The van der Waals surface area contributed by atoms with Crippen LogP contribution in [0.25, 0.3) is 0 Å². The summed E-state index contributed by atoms with van der Waals surface area (Å²) in [7, 11) is 0. The summed E-state index contributed by atoms with van der Waals surface area (Å²) in [4.78, 5) is 3.32. The molecule has 1 heterocycles. The molecular weight excluding hydrogens is 252 g/mol. The summed E-state index contributed by atoms with van der Waals surface area (Å²) < 4.78 is 0. The Balaban J connectivity index is 1.89. The van der Waals surface area contributed by atoms with E-state index in [1.165, 1.54) is 83.8 Å². The zero-order valence-electron chi connectivity index (χ0n) is 12.7. The molecule has 1 aliphatic heterocycles. The number of unbranched alkanes of at least 4 members (excludes halogenated alkanes) is 7. The van der Waals surface area contributed by atoms with Gasteiger partial charge in [0.05, 0.1) is 4.99 Å². The highest BCUT2D eigenvalue weighted by molar-refractivity contribution is 7.80. The molecule has 0 radical (unpaired) electrons. The second-order valence-electron chi connectivity index (χ2n) is 5.99. The van der Waals surface area contributed by atoms with Crippen molar-refractivity contribution in [3.63, 3.8) is 0 Å². The van der Waals surface area contributed by atoms with Crippen molar-refractivity contribution in [1.82, 2.24) is 4.90 Å². The first kappa shape index (κ1) is 16.9. The molecule has 1 fully saturated rings. The lowest BCUT2D eigenvalue weighted by molar-refractivity contribution is 0.206. The summed E-state index contributed by atoms with van der Waals surface area (Å²) in [6.07, 6.45) is 13.6. The molecule has 0 unspecified atom stereocenters. The number of hydrogen-bond acceptors (Lipinski definition) is 2. The van der Waals surface area contributed by atoms with E-state index in [1.54, 1.807) is 0 Å². The van der Waals surface area contributed by atoms with Gasteiger partial charge in [-0.3, -0.25) is 0 Å². The Hall–Kier alpha value is -0.150. The molecule has 0 aromatic heterocycles. The van der Waals surface area contributed by atoms with Crippen LogP contribution in [0.1, 0.15) is 71.1 Å². The zero-order chi connectivity index (χ0) is 13.9. The predicted molar refractivity (Wildman–Crippen MR) is 88.6 cm³/mol. The fraction of sp³-hybridized carbons (Fsp3) is 0.938. The standard InChI is InChI=1S/C16H32N2S/c1-2-3-4-5-6-7-8-9-12-18-13-10-15(11-14-18)16(17)19/h15H,2-14H2,1H3,(H2,17,19). The van der Waals surface area contributed by atoms with Gasteiger partial charge in [0.15, 0.2) is 0 Å². The molecule has 0 atom stereocenters. The first-order valence-corrected chi connectivity index (χ1v) is 8.66. The third kappa shape index (κ3) is 7.88. The number of nitrogens with two attached hydrogens (primary N) is 1. The lowest BCUT2D eigenvalue weighted by atomic mass is 9.97. The molecule has 1 aliphatic rings. The summed E-state index contributed by atoms with van der Waals surface area (Å²) in [5.74, 6) is 0.504. The van der Waals surface area contributed by atoms with Crippen LogP contribution in [0.5, 0.6) is 0 Å². The molecule has 0 amide bonds. The van der Waals surface area contributed by atoms with E-state index in [1.807, 2.05) is 0 Å². The van der Waals surface area contributed by atoms with E-state index in [4.69, 9.17) is 18.0 Å². The molecule has 1 rings (SSSR count). The molecule has 1 saturated heterocycles. The molecule has 0 spiro atoms. The molecule has 0 aromatic carbocycles. The summed E-state index contributed by atoms with van der Waals surface area (Å²) >= 11 is 5.08. The highest BCUT2D eigenvalue weighted by atomic mass is 32.1. The van der Waals surface area contributed by atoms with E-state index in [0.717, 1.165) is 4.99 Å². The third-order valence-corrected chi connectivity index (χ3v) is 4.65. The molecule has 0 saturated carbocycles.